The van der Waals surface area contributed by atoms with E-state index in [1.807, 2.05) is 4.90 Å². The number of piperazine rings is 1. The average molecular weight is 480 g/mol. The summed E-state index contributed by atoms with van der Waals surface area (Å²) in [6.07, 6.45) is 0. The summed E-state index contributed by atoms with van der Waals surface area (Å²) in [6.45, 7) is 1.65. The second-order valence-corrected chi connectivity index (χ2v) is 9.21. The SMILES string of the molecule is COc1ccc(OC)c(S(=O)(=O)N2CCN(Cc3nnnn3-c3ccc(F)c(F)c3)CC2)c1. The van der Waals surface area contributed by atoms with Crippen molar-refractivity contribution in [1.29, 1.82) is 0 Å². The van der Waals surface area contributed by atoms with Crippen LogP contribution in [-0.4, -0.2) is 78.2 Å². The zero-order valence-corrected chi connectivity index (χ0v) is 18.8. The largest absolute Gasteiger partial charge is 0.497 e. The number of methoxy groups -OCH3 is 2. The van der Waals surface area contributed by atoms with Crippen molar-refractivity contribution in [2.24, 2.45) is 0 Å². The topological polar surface area (TPSA) is 103 Å². The molecule has 33 heavy (non-hydrogen) atoms. The van der Waals surface area contributed by atoms with Gasteiger partial charge in [-0.1, -0.05) is 0 Å². The van der Waals surface area contributed by atoms with Crippen molar-refractivity contribution in [1.82, 2.24) is 29.4 Å². The van der Waals surface area contributed by atoms with Gasteiger partial charge in [-0.05, 0) is 34.7 Å². The minimum atomic E-state index is -3.80. The van der Waals surface area contributed by atoms with Gasteiger partial charge < -0.3 is 9.47 Å². The van der Waals surface area contributed by atoms with Crippen LogP contribution in [0.2, 0.25) is 0 Å². The fourth-order valence-corrected chi connectivity index (χ4v) is 5.17. The van der Waals surface area contributed by atoms with E-state index in [0.29, 0.717) is 36.9 Å². The van der Waals surface area contributed by atoms with Crippen molar-refractivity contribution in [3.8, 4) is 17.2 Å². The monoisotopic (exact) mass is 480 g/mol. The quantitative estimate of drug-likeness (QED) is 0.501. The maximum absolute atomic E-state index is 13.6. The lowest BCUT2D eigenvalue weighted by molar-refractivity contribution is 0.176. The summed E-state index contributed by atoms with van der Waals surface area (Å²) >= 11 is 0. The summed E-state index contributed by atoms with van der Waals surface area (Å²) in [5.41, 5.74) is 0.292. The van der Waals surface area contributed by atoms with Crippen molar-refractivity contribution in [3.05, 3.63) is 53.9 Å². The minimum absolute atomic E-state index is 0.0417. The molecule has 1 aliphatic heterocycles. The minimum Gasteiger partial charge on any atom is -0.497 e. The first-order valence-corrected chi connectivity index (χ1v) is 11.4. The molecule has 0 amide bonds. The van der Waals surface area contributed by atoms with Gasteiger partial charge in [0.1, 0.15) is 16.4 Å². The van der Waals surface area contributed by atoms with Gasteiger partial charge in [-0.15, -0.1) is 5.10 Å². The fraction of sp³-hybridized carbons (Fsp3) is 0.350. The van der Waals surface area contributed by atoms with Crippen molar-refractivity contribution in [2.45, 2.75) is 11.4 Å². The number of halogens is 2. The average Bonchev–Trinajstić information content (AvgIpc) is 3.28. The number of rotatable bonds is 7. The summed E-state index contributed by atoms with van der Waals surface area (Å²) in [5, 5.41) is 11.5. The van der Waals surface area contributed by atoms with Crippen LogP contribution >= 0.6 is 0 Å². The zero-order valence-electron chi connectivity index (χ0n) is 18.0. The molecule has 176 valence electrons. The molecule has 1 aromatic heterocycles. The molecule has 0 saturated carbocycles. The van der Waals surface area contributed by atoms with E-state index in [2.05, 4.69) is 15.5 Å². The molecule has 2 heterocycles. The highest BCUT2D eigenvalue weighted by atomic mass is 32.2. The Bertz CT molecular complexity index is 1250. The Hall–Kier alpha value is -3.16. The van der Waals surface area contributed by atoms with Gasteiger partial charge >= 0.3 is 0 Å². The van der Waals surface area contributed by atoms with Gasteiger partial charge in [0.15, 0.2) is 17.5 Å². The maximum Gasteiger partial charge on any atom is 0.246 e. The number of ether oxygens (including phenoxy) is 2. The fourth-order valence-electron chi connectivity index (χ4n) is 3.57. The zero-order chi connectivity index (χ0) is 23.6. The van der Waals surface area contributed by atoms with Gasteiger partial charge in [0.05, 0.1) is 26.5 Å². The molecule has 1 aliphatic rings. The Balaban J connectivity index is 1.46. The van der Waals surface area contributed by atoms with Crippen molar-refractivity contribution in [3.63, 3.8) is 0 Å². The third-order valence-electron chi connectivity index (χ3n) is 5.37. The third kappa shape index (κ3) is 4.65. The summed E-state index contributed by atoms with van der Waals surface area (Å²) < 4.78 is 66.4. The first kappa shape index (κ1) is 23.0. The number of tetrazole rings is 1. The van der Waals surface area contributed by atoms with Gasteiger partial charge in [-0.3, -0.25) is 4.90 Å². The Morgan fingerprint density at radius 2 is 1.73 bits per heavy atom. The normalized spacial score (nSPS) is 15.5. The van der Waals surface area contributed by atoms with Crippen LogP contribution in [0.15, 0.2) is 41.3 Å². The highest BCUT2D eigenvalue weighted by molar-refractivity contribution is 7.89. The van der Waals surface area contributed by atoms with E-state index in [4.69, 9.17) is 9.47 Å². The molecule has 2 aromatic carbocycles. The summed E-state index contributed by atoms with van der Waals surface area (Å²) in [6, 6.07) is 8.03. The summed E-state index contributed by atoms with van der Waals surface area (Å²) in [4.78, 5) is 2.02. The van der Waals surface area contributed by atoms with Crippen LogP contribution < -0.4 is 9.47 Å². The molecule has 0 N–H and O–H groups in total. The smallest absolute Gasteiger partial charge is 0.246 e. The highest BCUT2D eigenvalue weighted by Crippen LogP contribution is 2.31. The molecule has 0 bridgehead atoms. The van der Waals surface area contributed by atoms with Crippen molar-refractivity contribution >= 4 is 10.0 Å². The van der Waals surface area contributed by atoms with E-state index in [9.17, 15) is 17.2 Å². The Morgan fingerprint density at radius 3 is 2.39 bits per heavy atom. The van der Waals surface area contributed by atoms with Crippen LogP contribution in [-0.2, 0) is 16.6 Å². The molecule has 0 spiro atoms. The molecule has 0 unspecified atom stereocenters. The second kappa shape index (κ2) is 9.37. The summed E-state index contributed by atoms with van der Waals surface area (Å²) in [5.74, 6) is -0.882. The lowest BCUT2D eigenvalue weighted by Crippen LogP contribution is -2.48. The number of sulfonamides is 1. The standard InChI is InChI=1S/C20H22F2N6O4S/c1-31-15-4-6-18(32-2)19(12-15)33(29,30)27-9-7-26(8-10-27)13-20-23-24-25-28(20)14-3-5-16(21)17(22)11-14/h3-6,11-12H,7-10,13H2,1-2H3. The van der Waals surface area contributed by atoms with Crippen LogP contribution in [0.25, 0.3) is 5.69 Å². The molecule has 0 atom stereocenters. The first-order chi connectivity index (χ1) is 15.8. The third-order valence-corrected chi connectivity index (χ3v) is 7.29. The first-order valence-electron chi connectivity index (χ1n) is 10.0. The van der Waals surface area contributed by atoms with Gasteiger partial charge in [-0.2, -0.15) is 8.99 Å². The Morgan fingerprint density at radius 1 is 0.970 bits per heavy atom. The van der Waals surface area contributed by atoms with E-state index in [0.717, 1.165) is 12.1 Å². The molecule has 4 rings (SSSR count). The predicted molar refractivity (Wildman–Crippen MR) is 113 cm³/mol. The van der Waals surface area contributed by atoms with Crippen LogP contribution in [0.3, 0.4) is 0 Å². The molecule has 10 nitrogen and oxygen atoms in total. The highest BCUT2D eigenvalue weighted by Gasteiger charge is 2.31. The van der Waals surface area contributed by atoms with Crippen LogP contribution in [0.1, 0.15) is 5.82 Å². The Labute approximate surface area is 189 Å². The molecular weight excluding hydrogens is 458 g/mol. The molecule has 1 fully saturated rings. The lowest BCUT2D eigenvalue weighted by atomic mass is 10.3. The number of hydrogen-bond acceptors (Lipinski definition) is 8. The molecule has 3 aromatic rings. The van der Waals surface area contributed by atoms with Crippen LogP contribution in [0.5, 0.6) is 11.5 Å². The van der Waals surface area contributed by atoms with Crippen molar-refractivity contribution in [2.75, 3.05) is 40.4 Å². The number of hydrogen-bond donors (Lipinski definition) is 0. The van der Waals surface area contributed by atoms with E-state index in [1.54, 1.807) is 12.1 Å². The number of benzene rings is 2. The molecular formula is C20H22F2N6O4S. The summed E-state index contributed by atoms with van der Waals surface area (Å²) in [7, 11) is -0.928. The number of nitrogens with zero attached hydrogens (tertiary/aromatic N) is 6. The van der Waals surface area contributed by atoms with Gasteiger partial charge in [0, 0.05) is 38.3 Å². The van der Waals surface area contributed by atoms with Crippen LogP contribution in [0, 0.1) is 11.6 Å². The van der Waals surface area contributed by atoms with Crippen molar-refractivity contribution < 1.29 is 26.7 Å². The molecule has 13 heteroatoms. The van der Waals surface area contributed by atoms with Gasteiger partial charge in [-0.25, -0.2) is 17.2 Å². The molecule has 1 saturated heterocycles. The Kier molecular flexibility index (Phi) is 6.54. The predicted octanol–water partition coefficient (Wildman–Crippen LogP) is 1.46. The molecule has 0 aliphatic carbocycles. The van der Waals surface area contributed by atoms with E-state index < -0.39 is 21.7 Å². The van der Waals surface area contributed by atoms with Crippen LogP contribution in [0.4, 0.5) is 8.78 Å². The lowest BCUT2D eigenvalue weighted by Gasteiger charge is -2.33. The maximum atomic E-state index is 13.6. The van der Waals surface area contributed by atoms with E-state index >= 15 is 0 Å². The number of aromatic nitrogens is 4. The second-order valence-electron chi connectivity index (χ2n) is 7.30. The van der Waals surface area contributed by atoms with Gasteiger partial charge in [0.2, 0.25) is 10.0 Å². The van der Waals surface area contributed by atoms with E-state index in [1.165, 1.54) is 35.3 Å². The van der Waals surface area contributed by atoms with E-state index in [-0.39, 0.29) is 23.7 Å². The molecule has 0 radical (unpaired) electrons. The van der Waals surface area contributed by atoms with Gasteiger partial charge in [0.25, 0.3) is 0 Å².